The molecule has 4 atom stereocenters. The van der Waals surface area contributed by atoms with E-state index in [4.69, 9.17) is 0 Å². The van der Waals surface area contributed by atoms with Gasteiger partial charge in [0, 0.05) is 7.05 Å². The van der Waals surface area contributed by atoms with E-state index in [0.717, 1.165) is 21.5 Å². The maximum Gasteiger partial charge on any atom is 0.260 e. The van der Waals surface area contributed by atoms with E-state index in [-0.39, 0.29) is 42.0 Å². The number of nitrogens with one attached hydrogen (secondary N) is 1. The Kier molecular flexibility index (Phi) is 3.58. The predicted octanol–water partition coefficient (Wildman–Crippen LogP) is 0.979. The number of aryl methyl sites for hydroxylation is 1. The molecule has 138 valence electrons. The number of nitrogens with zero attached hydrogens (tertiary/aromatic N) is 3. The highest BCUT2D eigenvalue weighted by molar-refractivity contribution is 7.16. The van der Waals surface area contributed by atoms with E-state index in [1.54, 1.807) is 0 Å². The zero-order valence-electron chi connectivity index (χ0n) is 14.7. The number of carbonyl (C=O) groups is 3. The van der Waals surface area contributed by atoms with Crippen molar-refractivity contribution in [2.75, 3.05) is 6.54 Å². The van der Waals surface area contributed by atoms with Crippen molar-refractivity contribution in [2.45, 2.75) is 6.42 Å². The number of aromatic nitrogens is 1. The Hall–Kier alpha value is -2.74. The van der Waals surface area contributed by atoms with Gasteiger partial charge in [-0.15, -0.1) is 5.10 Å². The van der Waals surface area contributed by atoms with Crippen molar-refractivity contribution in [3.8, 4) is 0 Å². The molecule has 0 spiro atoms. The van der Waals surface area contributed by atoms with Crippen LogP contribution in [0, 0.1) is 23.7 Å². The van der Waals surface area contributed by atoms with Crippen LogP contribution in [0.25, 0.3) is 10.2 Å². The molecule has 2 aliphatic carbocycles. The third-order valence-corrected chi connectivity index (χ3v) is 6.97. The van der Waals surface area contributed by atoms with Crippen LogP contribution in [-0.2, 0) is 21.4 Å². The van der Waals surface area contributed by atoms with Gasteiger partial charge in [-0.1, -0.05) is 35.6 Å². The van der Waals surface area contributed by atoms with Gasteiger partial charge < -0.3 is 4.57 Å². The summed E-state index contributed by atoms with van der Waals surface area (Å²) in [6, 6.07) is 7.87. The standard InChI is InChI=1S/C19H18N4O3S/c1-22-12-4-2-3-5-13(12)27-19(22)21-20-14(24)9-23-17(25)15-10-6-7-11(8-10)16(15)18(23)26/h2-7,10-11,15-16H,8-9H2,1H3,(H,20,24)/b21-19-. The lowest BCUT2D eigenvalue weighted by atomic mass is 9.85. The lowest BCUT2D eigenvalue weighted by Crippen LogP contribution is -2.41. The predicted molar refractivity (Wildman–Crippen MR) is 98.9 cm³/mol. The number of allylic oxidation sites excluding steroid dienone is 2. The summed E-state index contributed by atoms with van der Waals surface area (Å²) in [6.45, 7) is -0.276. The van der Waals surface area contributed by atoms with E-state index >= 15 is 0 Å². The van der Waals surface area contributed by atoms with E-state index in [1.807, 2.05) is 48.0 Å². The molecule has 8 heteroatoms. The van der Waals surface area contributed by atoms with Crippen LogP contribution >= 0.6 is 11.3 Å². The molecule has 3 aliphatic rings. The monoisotopic (exact) mass is 382 g/mol. The summed E-state index contributed by atoms with van der Waals surface area (Å²) in [7, 11) is 1.88. The molecule has 1 saturated carbocycles. The molecule has 7 nitrogen and oxygen atoms in total. The maximum atomic E-state index is 12.6. The Labute approximate surface area is 159 Å². The van der Waals surface area contributed by atoms with Crippen molar-refractivity contribution in [1.82, 2.24) is 14.9 Å². The first-order valence-corrected chi connectivity index (χ1v) is 9.77. The molecule has 5 rings (SSSR count). The summed E-state index contributed by atoms with van der Waals surface area (Å²) in [5.74, 6) is -1.17. The average molecular weight is 382 g/mol. The van der Waals surface area contributed by atoms with Crippen LogP contribution in [0.15, 0.2) is 41.5 Å². The summed E-state index contributed by atoms with van der Waals surface area (Å²) in [4.78, 5) is 39.3. The third-order valence-electron chi connectivity index (χ3n) is 5.85. The van der Waals surface area contributed by atoms with Crippen LogP contribution in [0.1, 0.15) is 6.42 Å². The zero-order chi connectivity index (χ0) is 18.7. The molecule has 1 N–H and O–H groups in total. The summed E-state index contributed by atoms with van der Waals surface area (Å²) in [6.07, 6.45) is 4.96. The fourth-order valence-electron chi connectivity index (χ4n) is 4.60. The second-order valence-corrected chi connectivity index (χ2v) is 8.33. The highest BCUT2D eigenvalue weighted by Gasteiger charge is 2.59. The first-order chi connectivity index (χ1) is 13.0. The highest BCUT2D eigenvalue weighted by Crippen LogP contribution is 2.52. The SMILES string of the molecule is Cn1/c(=N/NC(=O)CN2C(=O)C3C4C=CC(C4)C3C2=O)sc2ccccc21. The molecule has 1 saturated heterocycles. The first kappa shape index (κ1) is 16.4. The molecule has 4 unspecified atom stereocenters. The van der Waals surface area contributed by atoms with Gasteiger partial charge in [-0.3, -0.25) is 19.3 Å². The number of fused-ring (bicyclic) bond motifs is 6. The van der Waals surface area contributed by atoms with E-state index < -0.39 is 5.91 Å². The summed E-state index contributed by atoms with van der Waals surface area (Å²) in [5, 5.41) is 4.17. The molecule has 27 heavy (non-hydrogen) atoms. The smallest absolute Gasteiger partial charge is 0.260 e. The number of para-hydroxylation sites is 1. The van der Waals surface area contributed by atoms with E-state index in [2.05, 4.69) is 10.5 Å². The largest absolute Gasteiger partial charge is 0.318 e. The van der Waals surface area contributed by atoms with Crippen molar-refractivity contribution >= 4 is 39.3 Å². The van der Waals surface area contributed by atoms with Crippen molar-refractivity contribution in [2.24, 2.45) is 35.8 Å². The molecule has 2 bridgehead atoms. The van der Waals surface area contributed by atoms with Crippen LogP contribution in [0.3, 0.4) is 0 Å². The minimum absolute atomic E-state index is 0.145. The molecule has 1 aliphatic heterocycles. The molecule has 2 fully saturated rings. The Morgan fingerprint density at radius 1 is 1.19 bits per heavy atom. The van der Waals surface area contributed by atoms with Gasteiger partial charge in [0.2, 0.25) is 16.6 Å². The molecular formula is C19H18N4O3S. The van der Waals surface area contributed by atoms with E-state index in [9.17, 15) is 14.4 Å². The minimum atomic E-state index is -0.463. The number of carbonyl (C=O) groups excluding carboxylic acids is 3. The topological polar surface area (TPSA) is 83.8 Å². The molecule has 3 amide bonds. The minimum Gasteiger partial charge on any atom is -0.318 e. The Balaban J connectivity index is 1.32. The second kappa shape index (κ2) is 5.88. The first-order valence-electron chi connectivity index (χ1n) is 8.95. The molecular weight excluding hydrogens is 364 g/mol. The Morgan fingerprint density at radius 2 is 1.85 bits per heavy atom. The van der Waals surface area contributed by atoms with Crippen LogP contribution in [-0.4, -0.2) is 33.7 Å². The molecule has 2 heterocycles. The summed E-state index contributed by atoms with van der Waals surface area (Å²) in [5.41, 5.74) is 3.51. The molecule has 2 aromatic rings. The number of hydrogen-bond donors (Lipinski definition) is 1. The van der Waals surface area contributed by atoms with Crippen LogP contribution in [0.4, 0.5) is 0 Å². The lowest BCUT2D eigenvalue weighted by Gasteiger charge is -2.15. The molecule has 1 aromatic carbocycles. The summed E-state index contributed by atoms with van der Waals surface area (Å²) < 4.78 is 2.95. The molecule has 0 radical (unpaired) electrons. The van der Waals surface area contributed by atoms with E-state index in [0.29, 0.717) is 4.80 Å². The number of likely N-dealkylation sites (tertiary alicyclic amines) is 1. The van der Waals surface area contributed by atoms with Gasteiger partial charge in [-0.2, -0.15) is 0 Å². The highest BCUT2D eigenvalue weighted by atomic mass is 32.1. The van der Waals surface area contributed by atoms with Crippen LogP contribution < -0.4 is 10.2 Å². The molecule has 1 aromatic heterocycles. The fourth-order valence-corrected chi connectivity index (χ4v) is 5.58. The van der Waals surface area contributed by atoms with Crippen molar-refractivity contribution in [1.29, 1.82) is 0 Å². The van der Waals surface area contributed by atoms with Gasteiger partial charge in [0.1, 0.15) is 6.54 Å². The van der Waals surface area contributed by atoms with Crippen molar-refractivity contribution < 1.29 is 14.4 Å². The number of benzene rings is 1. The normalized spacial score (nSPS) is 29.2. The van der Waals surface area contributed by atoms with Crippen molar-refractivity contribution in [3.63, 3.8) is 0 Å². The maximum absolute atomic E-state index is 12.6. The number of imide groups is 1. The van der Waals surface area contributed by atoms with Gasteiger partial charge in [-0.05, 0) is 30.4 Å². The van der Waals surface area contributed by atoms with Crippen molar-refractivity contribution in [3.05, 3.63) is 41.2 Å². The number of amides is 3. The lowest BCUT2D eigenvalue weighted by molar-refractivity contribution is -0.144. The van der Waals surface area contributed by atoms with Crippen LogP contribution in [0.2, 0.25) is 0 Å². The quantitative estimate of drug-likeness (QED) is 0.488. The van der Waals surface area contributed by atoms with Gasteiger partial charge in [0.05, 0.1) is 22.1 Å². The van der Waals surface area contributed by atoms with Gasteiger partial charge in [0.25, 0.3) is 5.91 Å². The second-order valence-electron chi connectivity index (χ2n) is 7.32. The number of thiazole rings is 1. The number of rotatable bonds is 3. The fraction of sp³-hybridized carbons (Fsp3) is 0.368. The number of hydrogen-bond acceptors (Lipinski definition) is 5. The van der Waals surface area contributed by atoms with Gasteiger partial charge >= 0.3 is 0 Å². The van der Waals surface area contributed by atoms with Gasteiger partial charge in [0.15, 0.2) is 0 Å². The van der Waals surface area contributed by atoms with Gasteiger partial charge in [-0.25, -0.2) is 5.43 Å². The third kappa shape index (κ3) is 2.39. The Morgan fingerprint density at radius 3 is 2.52 bits per heavy atom. The van der Waals surface area contributed by atoms with Crippen LogP contribution in [0.5, 0.6) is 0 Å². The van der Waals surface area contributed by atoms with E-state index in [1.165, 1.54) is 11.3 Å². The summed E-state index contributed by atoms with van der Waals surface area (Å²) >= 11 is 1.46. The zero-order valence-corrected chi connectivity index (χ0v) is 15.5. The average Bonchev–Trinajstić information content (AvgIpc) is 3.41. The Bertz CT molecular complexity index is 1050.